The average molecular weight is 1560 g/mol. The minimum absolute atomic E-state index is 0.423. The van der Waals surface area contributed by atoms with E-state index in [4.69, 9.17) is 0 Å². The van der Waals surface area contributed by atoms with E-state index < -0.39 is 185 Å². The standard InChI is InChI=1S/C95H65ClO20/c96-95-88-86-87-89(95)93(54-17-7-44(8-18-54)49(37-72(109)110)38-73(111)112)81-61-26-24-59-57-22-21-56-58-23-25-60-62-27-29-64-65-30-28-63(61)83(93)85(65)94(95,55-19-9-45(10-20-55)50(39-74(113)114)40-75(115)116)84(64)82(62)92(88,53-15-5-43(6-16-53)48(35-70(105)106)36-71(107)108)80(60)78(58)90(86,51-11-1-41(2-12-51)46(31-66(97)98)32-67(99)100)76(56)77(57)91(87,79(59)81)52-13-3-42(4-14-52)47(33-68(101)102)34-69(103)104/h1-30,46-50H,31-40H2,(H,97,98)(H,99,100)(H,101,102)(H,103,104)(H,105,106)(H,107,108)(H,109,110)(H,111,112)(H,113,114)(H,115,116)/t90-,91+,92-,93+,94-,95-. The Hall–Kier alpha value is -13.3. The van der Waals surface area contributed by atoms with Crippen molar-refractivity contribution in [2.24, 2.45) is 0 Å². The Morgan fingerprint density at radius 2 is 0.371 bits per heavy atom. The molecule has 20 nitrogen and oxygen atoms in total. The number of carbonyl (C=O) groups is 10. The van der Waals surface area contributed by atoms with Crippen LogP contribution in [0.1, 0.15) is 205 Å². The zero-order chi connectivity index (χ0) is 80.6. The molecule has 11 aliphatic carbocycles. The zero-order valence-electron chi connectivity index (χ0n) is 61.2. The fourth-order valence-corrected chi connectivity index (χ4v) is 25.5. The van der Waals surface area contributed by atoms with Gasteiger partial charge in [-0.15, -0.1) is 11.6 Å². The van der Waals surface area contributed by atoms with E-state index in [0.29, 0.717) is 66.8 Å². The van der Waals surface area contributed by atoms with Crippen molar-refractivity contribution in [1.82, 2.24) is 0 Å². The van der Waals surface area contributed by atoms with Crippen LogP contribution < -0.4 is 0 Å². The van der Waals surface area contributed by atoms with Gasteiger partial charge in [0.05, 0.1) is 91.3 Å². The molecule has 6 atom stereocenters. The Balaban J connectivity index is 1.01. The van der Waals surface area contributed by atoms with Crippen molar-refractivity contribution in [2.45, 2.75) is 126 Å². The summed E-state index contributed by atoms with van der Waals surface area (Å²) in [5, 5.41) is 105. The summed E-state index contributed by atoms with van der Waals surface area (Å²) in [6.07, 6.45) is -5.22. The lowest BCUT2D eigenvalue weighted by Crippen LogP contribution is -2.65. The smallest absolute Gasteiger partial charge is 0.303 e. The van der Waals surface area contributed by atoms with Crippen molar-refractivity contribution in [3.63, 3.8) is 0 Å². The van der Waals surface area contributed by atoms with Crippen molar-refractivity contribution in [3.8, 4) is 55.6 Å². The monoisotopic (exact) mass is 1560 g/mol. The van der Waals surface area contributed by atoms with Crippen LogP contribution in [0.2, 0.25) is 0 Å². The normalized spacial score (nSPS) is 22.0. The lowest BCUT2D eigenvalue weighted by molar-refractivity contribution is -0.141. The number of hydrogen-bond donors (Lipinski definition) is 10. The van der Waals surface area contributed by atoms with Crippen LogP contribution in [0.4, 0.5) is 0 Å². The van der Waals surface area contributed by atoms with E-state index in [9.17, 15) is 111 Å². The highest BCUT2D eigenvalue weighted by Gasteiger charge is 2.87. The molecule has 10 aromatic rings. The van der Waals surface area contributed by atoms with Crippen molar-refractivity contribution < 1.29 is 99.0 Å². The number of allylic oxidation sites excluding steroid dienone is 4. The molecule has 116 heavy (non-hydrogen) atoms. The van der Waals surface area contributed by atoms with Crippen molar-refractivity contribution in [1.29, 1.82) is 0 Å². The molecule has 11 aliphatic rings. The summed E-state index contributed by atoms with van der Waals surface area (Å²) >= 11 is 10.6. The molecule has 21 heteroatoms. The number of halogens is 1. The van der Waals surface area contributed by atoms with Crippen molar-refractivity contribution in [2.75, 3.05) is 0 Å². The number of aliphatic carboxylic acids is 10. The predicted molar refractivity (Wildman–Crippen MR) is 418 cm³/mol. The lowest BCUT2D eigenvalue weighted by atomic mass is 9.40. The van der Waals surface area contributed by atoms with Crippen LogP contribution in [0.25, 0.3) is 55.6 Å². The molecule has 0 heterocycles. The van der Waals surface area contributed by atoms with E-state index in [1.54, 1.807) is 36.4 Å². The molecule has 0 aliphatic heterocycles. The molecule has 21 rings (SSSR count). The van der Waals surface area contributed by atoms with Gasteiger partial charge < -0.3 is 51.1 Å². The van der Waals surface area contributed by atoms with E-state index in [1.807, 2.05) is 84.9 Å². The van der Waals surface area contributed by atoms with Crippen LogP contribution in [-0.4, -0.2) is 116 Å². The molecule has 0 spiro atoms. The van der Waals surface area contributed by atoms with Crippen LogP contribution in [0, 0.1) is 0 Å². The molecule has 0 amide bonds. The number of hydrogen-bond acceptors (Lipinski definition) is 10. The zero-order valence-corrected chi connectivity index (χ0v) is 62.0. The SMILES string of the molecule is O=C(O)CC(CC(=O)O)c1ccc([C@]23C4=C5[C@]6(c7ccc(C(CC(=O)O)CC(=O)O)cc7)c7c8ccc(c72)-c2ccc7c(c23)[C@]2(c3ccc(C(CC(=O)O)CC(=O)O)cc3)C4=C3[C@@]4(c9ccc(C(CC(=O)O)CC(=O)O)cc9)c9c(ccc-7c92)-c2ccc7c(c24)[C@@](c2ccc(C(CC(=O)O)CC(=O)O)cc2)(c2c-7ccc-8c26)[C@@]53Cl)cc1. The van der Waals surface area contributed by atoms with Gasteiger partial charge in [-0.3, -0.25) is 47.9 Å². The van der Waals surface area contributed by atoms with Gasteiger partial charge in [0.25, 0.3) is 0 Å². The highest BCUT2D eigenvalue weighted by Crippen LogP contribution is 2.92. The number of benzene rings is 10. The van der Waals surface area contributed by atoms with Gasteiger partial charge in [0, 0.05) is 29.6 Å². The van der Waals surface area contributed by atoms with Crippen molar-refractivity contribution >= 4 is 71.3 Å². The third-order valence-corrected chi connectivity index (χ3v) is 28.6. The number of rotatable bonds is 30. The Kier molecular flexibility index (Phi) is 14.2. The Labute approximate surface area is 663 Å². The topological polar surface area (TPSA) is 373 Å². The first kappa shape index (κ1) is 70.5. The largest absolute Gasteiger partial charge is 0.481 e. The third kappa shape index (κ3) is 8.23. The number of carboxylic acid groups (broad SMARTS) is 10. The van der Waals surface area contributed by atoms with Gasteiger partial charge in [-0.25, -0.2) is 0 Å². The minimum atomic E-state index is -2.00. The molecular formula is C95H65ClO20. The Morgan fingerprint density at radius 3 is 0.560 bits per heavy atom. The first-order valence-corrected chi connectivity index (χ1v) is 38.8. The summed E-state index contributed by atoms with van der Waals surface area (Å²) < 4.78 is 0. The van der Waals surface area contributed by atoms with E-state index in [0.717, 1.165) is 122 Å². The third-order valence-electron chi connectivity index (χ3n) is 28.0. The molecule has 0 saturated carbocycles. The van der Waals surface area contributed by atoms with Crippen LogP contribution in [0.15, 0.2) is 204 Å². The fourth-order valence-electron chi connectivity index (χ4n) is 24.8. The van der Waals surface area contributed by atoms with Gasteiger partial charge in [0.1, 0.15) is 4.87 Å². The highest BCUT2D eigenvalue weighted by molar-refractivity contribution is 6.35. The summed E-state index contributed by atoms with van der Waals surface area (Å²) in [5.41, 5.74) is 17.4. The second-order valence-electron chi connectivity index (χ2n) is 33.0. The molecule has 10 N–H and O–H groups in total. The molecule has 0 radical (unpaired) electrons. The average Bonchev–Trinajstić information content (AvgIpc) is 1.39. The minimum Gasteiger partial charge on any atom is -0.481 e. The van der Waals surface area contributed by atoms with Crippen LogP contribution >= 0.6 is 11.6 Å². The van der Waals surface area contributed by atoms with Crippen LogP contribution in [0.5, 0.6) is 0 Å². The quantitative estimate of drug-likeness (QED) is 0.0187. The first-order chi connectivity index (χ1) is 55.6. The maximum Gasteiger partial charge on any atom is 0.303 e. The Bertz CT molecular complexity index is 6060. The summed E-state index contributed by atoms with van der Waals surface area (Å²) in [6, 6.07) is 59.3. The van der Waals surface area contributed by atoms with Gasteiger partial charge in [0.15, 0.2) is 0 Å². The van der Waals surface area contributed by atoms with Gasteiger partial charge in [-0.2, -0.15) is 0 Å². The van der Waals surface area contributed by atoms with Gasteiger partial charge in [0.2, 0.25) is 0 Å². The fraction of sp³-hybridized carbons (Fsp3) is 0.221. The van der Waals surface area contributed by atoms with E-state index in [1.165, 1.54) is 0 Å². The predicted octanol–water partition coefficient (Wildman–Crippen LogP) is 15.4. The van der Waals surface area contributed by atoms with Crippen LogP contribution in [-0.2, 0) is 75.0 Å². The second-order valence-corrected chi connectivity index (χ2v) is 33.6. The maximum atomic E-state index is 12.9. The molecule has 0 bridgehead atoms. The van der Waals surface area contributed by atoms with Crippen molar-refractivity contribution in [3.05, 3.63) is 316 Å². The number of carboxylic acids is 10. The summed E-state index contributed by atoms with van der Waals surface area (Å²) in [7, 11) is 0. The molecule has 572 valence electrons. The summed E-state index contributed by atoms with van der Waals surface area (Å²) in [6.45, 7) is 0. The number of fused-ring (bicyclic) bond motifs is 5. The van der Waals surface area contributed by atoms with E-state index in [-0.39, 0.29) is 0 Å². The number of alkyl halides is 1. The molecule has 0 aromatic heterocycles. The second kappa shape index (κ2) is 23.4. The van der Waals surface area contributed by atoms with Crippen LogP contribution in [0.3, 0.4) is 0 Å². The highest BCUT2D eigenvalue weighted by atomic mass is 35.5. The van der Waals surface area contributed by atoms with Gasteiger partial charge in [-0.05, 0) is 189 Å². The summed E-state index contributed by atoms with van der Waals surface area (Å²) in [5.74, 6) is -17.2. The molecule has 0 unspecified atom stereocenters. The lowest BCUT2D eigenvalue weighted by Gasteiger charge is -2.64. The molecule has 0 fully saturated rings. The molecular weight excluding hydrogens is 1500 g/mol. The van der Waals surface area contributed by atoms with E-state index in [2.05, 4.69) is 60.7 Å². The van der Waals surface area contributed by atoms with E-state index >= 15 is 0 Å². The summed E-state index contributed by atoms with van der Waals surface area (Å²) in [4.78, 5) is 127. The molecule has 0 saturated heterocycles. The molecule has 10 aromatic carbocycles. The van der Waals surface area contributed by atoms with Gasteiger partial charge >= 0.3 is 59.7 Å². The first-order valence-electron chi connectivity index (χ1n) is 38.4. The Morgan fingerprint density at radius 1 is 0.216 bits per heavy atom. The van der Waals surface area contributed by atoms with Gasteiger partial charge in [-0.1, -0.05) is 182 Å². The maximum absolute atomic E-state index is 12.9.